The monoisotopic (exact) mass is 368 g/mol. The molecule has 0 aliphatic heterocycles. The Morgan fingerprint density at radius 2 is 1.85 bits per heavy atom. The number of carbonyl (C=O) groups excluding carboxylic acids is 1. The summed E-state index contributed by atoms with van der Waals surface area (Å²) in [7, 11) is 0. The van der Waals surface area contributed by atoms with Gasteiger partial charge in [0.1, 0.15) is 5.75 Å². The van der Waals surface area contributed by atoms with E-state index in [1.165, 1.54) is 0 Å². The summed E-state index contributed by atoms with van der Waals surface area (Å²) in [5.74, 6) is 0.741. The standard InChI is InChI=1S/C21H21ClN2O2/c1-21(2,14-22)19(25)20(24-13-12-23-15-24)26-18-11-7-6-10-17(18)16-8-4-3-5-9-16/h3-13,15,20H,14H2,1-2H3. The van der Waals surface area contributed by atoms with Gasteiger partial charge in [0.05, 0.1) is 6.33 Å². The van der Waals surface area contributed by atoms with Gasteiger partial charge in [-0.25, -0.2) is 4.98 Å². The van der Waals surface area contributed by atoms with E-state index in [-0.39, 0.29) is 11.7 Å². The van der Waals surface area contributed by atoms with Crippen molar-refractivity contribution in [2.24, 2.45) is 5.41 Å². The summed E-state index contributed by atoms with van der Waals surface area (Å²) in [6.45, 7) is 3.64. The first-order chi connectivity index (χ1) is 12.5. The summed E-state index contributed by atoms with van der Waals surface area (Å²) in [5, 5.41) is 0. The molecule has 0 saturated heterocycles. The number of nitrogens with zero attached hydrogens (tertiary/aromatic N) is 2. The molecule has 2 aromatic carbocycles. The average Bonchev–Trinajstić information content (AvgIpc) is 3.21. The highest BCUT2D eigenvalue weighted by Gasteiger charge is 2.36. The molecule has 1 unspecified atom stereocenters. The molecule has 0 saturated carbocycles. The fourth-order valence-corrected chi connectivity index (χ4v) is 2.74. The van der Waals surface area contributed by atoms with Gasteiger partial charge < -0.3 is 4.74 Å². The Morgan fingerprint density at radius 3 is 2.50 bits per heavy atom. The molecule has 0 amide bonds. The van der Waals surface area contributed by atoms with Crippen molar-refractivity contribution in [3.63, 3.8) is 0 Å². The third-order valence-electron chi connectivity index (χ3n) is 4.23. The lowest BCUT2D eigenvalue weighted by atomic mass is 9.89. The molecule has 0 fully saturated rings. The van der Waals surface area contributed by atoms with E-state index in [1.54, 1.807) is 23.3 Å². The highest BCUT2D eigenvalue weighted by atomic mass is 35.5. The first-order valence-electron chi connectivity index (χ1n) is 8.42. The summed E-state index contributed by atoms with van der Waals surface area (Å²) in [5.41, 5.74) is 1.23. The van der Waals surface area contributed by atoms with Crippen molar-refractivity contribution in [2.75, 3.05) is 5.88 Å². The number of imidazole rings is 1. The van der Waals surface area contributed by atoms with E-state index >= 15 is 0 Å². The number of carbonyl (C=O) groups is 1. The van der Waals surface area contributed by atoms with Gasteiger partial charge in [-0.1, -0.05) is 62.4 Å². The fourth-order valence-electron chi connectivity index (χ4n) is 2.60. The minimum Gasteiger partial charge on any atom is -0.462 e. The Bertz CT molecular complexity index is 861. The Kier molecular flexibility index (Phi) is 5.43. The lowest BCUT2D eigenvalue weighted by Crippen LogP contribution is -2.36. The Hall–Kier alpha value is -2.59. The van der Waals surface area contributed by atoms with Crippen molar-refractivity contribution in [1.82, 2.24) is 9.55 Å². The molecule has 0 N–H and O–H groups in total. The number of hydrogen-bond acceptors (Lipinski definition) is 3. The SMILES string of the molecule is CC(C)(CCl)C(=O)C(Oc1ccccc1-c1ccccc1)n1ccnc1. The van der Waals surface area contributed by atoms with Gasteiger partial charge in [0.2, 0.25) is 12.0 Å². The van der Waals surface area contributed by atoms with Gasteiger partial charge in [0, 0.05) is 29.3 Å². The number of ketones is 1. The maximum absolute atomic E-state index is 13.1. The van der Waals surface area contributed by atoms with E-state index in [9.17, 15) is 4.79 Å². The van der Waals surface area contributed by atoms with E-state index in [0.717, 1.165) is 11.1 Å². The number of halogens is 1. The van der Waals surface area contributed by atoms with Crippen molar-refractivity contribution < 1.29 is 9.53 Å². The molecule has 26 heavy (non-hydrogen) atoms. The van der Waals surface area contributed by atoms with E-state index in [2.05, 4.69) is 4.98 Å². The quantitative estimate of drug-likeness (QED) is 0.553. The molecule has 5 heteroatoms. The van der Waals surface area contributed by atoms with Gasteiger partial charge in [0.15, 0.2) is 0 Å². The van der Waals surface area contributed by atoms with Gasteiger partial charge in [-0.3, -0.25) is 9.36 Å². The fraction of sp³-hybridized carbons (Fsp3) is 0.238. The summed E-state index contributed by atoms with van der Waals surface area (Å²) >= 11 is 6.02. The first-order valence-corrected chi connectivity index (χ1v) is 8.95. The summed E-state index contributed by atoms with van der Waals surface area (Å²) in [4.78, 5) is 17.1. The number of alkyl halides is 1. The molecular formula is C21H21ClN2O2. The molecule has 134 valence electrons. The van der Waals surface area contributed by atoms with E-state index < -0.39 is 11.6 Å². The lowest BCUT2D eigenvalue weighted by molar-refractivity contribution is -0.137. The first kappa shape index (κ1) is 18.2. The van der Waals surface area contributed by atoms with E-state index in [1.807, 2.05) is 68.4 Å². The molecule has 0 aliphatic rings. The zero-order valence-corrected chi connectivity index (χ0v) is 15.6. The number of ether oxygens (including phenoxy) is 1. The largest absolute Gasteiger partial charge is 0.462 e. The van der Waals surface area contributed by atoms with Crippen molar-refractivity contribution in [1.29, 1.82) is 0 Å². The minimum absolute atomic E-state index is 0.103. The molecular weight excluding hydrogens is 348 g/mol. The number of benzene rings is 2. The second-order valence-corrected chi connectivity index (χ2v) is 6.99. The zero-order chi connectivity index (χ0) is 18.6. The second-order valence-electron chi connectivity index (χ2n) is 6.72. The van der Waals surface area contributed by atoms with Crippen LogP contribution in [0.4, 0.5) is 0 Å². The predicted octanol–water partition coefficient (Wildman–Crippen LogP) is 4.96. The Labute approximate surface area is 158 Å². The number of aromatic nitrogens is 2. The normalized spacial score (nSPS) is 12.6. The van der Waals surface area contributed by atoms with E-state index in [0.29, 0.717) is 5.75 Å². The maximum atomic E-state index is 13.1. The highest BCUT2D eigenvalue weighted by Crippen LogP contribution is 2.34. The molecule has 1 heterocycles. The van der Waals surface area contributed by atoms with Crippen LogP contribution in [0.5, 0.6) is 5.75 Å². The van der Waals surface area contributed by atoms with Crippen LogP contribution in [0.3, 0.4) is 0 Å². The molecule has 0 aliphatic carbocycles. The molecule has 1 atom stereocenters. The second kappa shape index (κ2) is 7.75. The smallest absolute Gasteiger partial charge is 0.236 e. The number of rotatable bonds is 7. The lowest BCUT2D eigenvalue weighted by Gasteiger charge is -2.28. The predicted molar refractivity (Wildman–Crippen MR) is 103 cm³/mol. The Balaban J connectivity index is 2.00. The van der Waals surface area contributed by atoms with E-state index in [4.69, 9.17) is 16.3 Å². The molecule has 3 aromatic rings. The van der Waals surface area contributed by atoms with Gasteiger partial charge in [0.25, 0.3) is 0 Å². The van der Waals surface area contributed by atoms with Crippen molar-refractivity contribution in [3.05, 3.63) is 73.3 Å². The van der Waals surface area contributed by atoms with Crippen LogP contribution in [0.2, 0.25) is 0 Å². The van der Waals surface area contributed by atoms with Crippen molar-refractivity contribution >= 4 is 17.4 Å². The van der Waals surface area contributed by atoms with Gasteiger partial charge in [-0.15, -0.1) is 11.6 Å². The summed E-state index contributed by atoms with van der Waals surface area (Å²) < 4.78 is 7.87. The maximum Gasteiger partial charge on any atom is 0.236 e. The highest BCUT2D eigenvalue weighted by molar-refractivity contribution is 6.20. The van der Waals surface area contributed by atoms with Crippen LogP contribution in [-0.4, -0.2) is 21.2 Å². The molecule has 0 bridgehead atoms. The van der Waals surface area contributed by atoms with Crippen LogP contribution in [0, 0.1) is 5.41 Å². The molecule has 1 aromatic heterocycles. The summed E-state index contributed by atoms with van der Waals surface area (Å²) in [6, 6.07) is 17.6. The number of Topliss-reactive ketones (excluding diaryl/α,β-unsaturated/α-hetero) is 1. The third kappa shape index (κ3) is 3.81. The molecule has 3 rings (SSSR count). The average molecular weight is 369 g/mol. The van der Waals surface area contributed by atoms with Crippen LogP contribution >= 0.6 is 11.6 Å². The van der Waals surface area contributed by atoms with Gasteiger partial charge in [-0.05, 0) is 11.6 Å². The number of para-hydroxylation sites is 1. The van der Waals surface area contributed by atoms with Crippen LogP contribution in [-0.2, 0) is 4.79 Å². The number of hydrogen-bond donors (Lipinski definition) is 0. The van der Waals surface area contributed by atoms with Crippen molar-refractivity contribution in [3.8, 4) is 16.9 Å². The van der Waals surface area contributed by atoms with Crippen molar-refractivity contribution in [2.45, 2.75) is 20.1 Å². The summed E-state index contributed by atoms with van der Waals surface area (Å²) in [6.07, 6.45) is 4.09. The molecule has 0 radical (unpaired) electrons. The Morgan fingerprint density at radius 1 is 1.15 bits per heavy atom. The zero-order valence-electron chi connectivity index (χ0n) is 14.8. The van der Waals surface area contributed by atoms with Crippen LogP contribution in [0.25, 0.3) is 11.1 Å². The topological polar surface area (TPSA) is 44.1 Å². The third-order valence-corrected chi connectivity index (χ3v) is 4.90. The minimum atomic E-state index is -0.837. The molecule has 0 spiro atoms. The van der Waals surface area contributed by atoms with Crippen LogP contribution in [0.1, 0.15) is 20.1 Å². The van der Waals surface area contributed by atoms with Crippen LogP contribution in [0.15, 0.2) is 73.3 Å². The molecule has 4 nitrogen and oxygen atoms in total. The van der Waals surface area contributed by atoms with Crippen LogP contribution < -0.4 is 4.74 Å². The van der Waals surface area contributed by atoms with Gasteiger partial charge >= 0.3 is 0 Å². The van der Waals surface area contributed by atoms with Gasteiger partial charge in [-0.2, -0.15) is 0 Å².